The first kappa shape index (κ1) is 27.4. The first-order chi connectivity index (χ1) is 23.2. The number of hydrogen-bond donors (Lipinski definition) is 0. The zero-order valence-corrected chi connectivity index (χ0v) is 26.3. The lowest BCUT2D eigenvalue weighted by atomic mass is 9.93. The third-order valence-electron chi connectivity index (χ3n) is 8.85. The standard InChI is InChI=1S/C44H28N2S/c1-3-12-30(13-4-1)40-28-41(46-44(45-40)31-14-5-2-6-15-31)37-25-35(33-20-19-29-11-7-8-16-32(29)23-33)24-36(26-37)34-21-22-39-38-17-9-10-18-42(38)47-43(39)27-34/h1-28H. The third kappa shape index (κ3) is 5.17. The van der Waals surface area contributed by atoms with E-state index in [2.05, 4.69) is 146 Å². The molecule has 0 radical (unpaired) electrons. The number of benzene rings is 7. The molecule has 220 valence electrons. The first-order valence-electron chi connectivity index (χ1n) is 15.8. The van der Waals surface area contributed by atoms with E-state index in [1.54, 1.807) is 0 Å². The van der Waals surface area contributed by atoms with Crippen LogP contribution in [-0.2, 0) is 0 Å². The van der Waals surface area contributed by atoms with Crippen LogP contribution in [0.4, 0.5) is 0 Å². The van der Waals surface area contributed by atoms with Crippen molar-refractivity contribution >= 4 is 42.3 Å². The van der Waals surface area contributed by atoms with Gasteiger partial charge < -0.3 is 0 Å². The molecule has 2 aromatic heterocycles. The Kier molecular flexibility index (Phi) is 6.69. The van der Waals surface area contributed by atoms with Crippen LogP contribution in [0.5, 0.6) is 0 Å². The van der Waals surface area contributed by atoms with Crippen molar-refractivity contribution in [3.05, 3.63) is 170 Å². The van der Waals surface area contributed by atoms with Crippen LogP contribution in [0.2, 0.25) is 0 Å². The van der Waals surface area contributed by atoms with Crippen LogP contribution < -0.4 is 0 Å². The predicted molar refractivity (Wildman–Crippen MR) is 200 cm³/mol. The highest BCUT2D eigenvalue weighted by molar-refractivity contribution is 7.25. The maximum absolute atomic E-state index is 5.19. The van der Waals surface area contributed by atoms with Crippen LogP contribution in [0.25, 0.3) is 87.1 Å². The monoisotopic (exact) mass is 616 g/mol. The number of thiophene rings is 1. The van der Waals surface area contributed by atoms with Gasteiger partial charge in [-0.25, -0.2) is 9.97 Å². The summed E-state index contributed by atoms with van der Waals surface area (Å²) in [4.78, 5) is 10.2. The van der Waals surface area contributed by atoms with Gasteiger partial charge in [-0.05, 0) is 75.5 Å². The predicted octanol–water partition coefficient (Wildman–Crippen LogP) is 12.3. The highest BCUT2D eigenvalue weighted by Crippen LogP contribution is 2.39. The third-order valence-corrected chi connectivity index (χ3v) is 9.98. The summed E-state index contributed by atoms with van der Waals surface area (Å²) < 4.78 is 2.61. The van der Waals surface area contributed by atoms with Gasteiger partial charge in [0, 0.05) is 36.9 Å². The second-order valence-corrected chi connectivity index (χ2v) is 12.9. The minimum Gasteiger partial charge on any atom is -0.228 e. The minimum atomic E-state index is 0.714. The molecule has 0 unspecified atom stereocenters. The largest absolute Gasteiger partial charge is 0.228 e. The van der Waals surface area contributed by atoms with E-state index in [0.717, 1.165) is 39.2 Å². The highest BCUT2D eigenvalue weighted by Gasteiger charge is 2.15. The van der Waals surface area contributed by atoms with Gasteiger partial charge in [-0.15, -0.1) is 11.3 Å². The van der Waals surface area contributed by atoms with Crippen LogP contribution >= 0.6 is 11.3 Å². The molecular formula is C44H28N2S. The summed E-state index contributed by atoms with van der Waals surface area (Å²) in [7, 11) is 0. The molecule has 0 saturated carbocycles. The van der Waals surface area contributed by atoms with Crippen molar-refractivity contribution in [1.82, 2.24) is 9.97 Å². The van der Waals surface area contributed by atoms with E-state index in [4.69, 9.17) is 9.97 Å². The van der Waals surface area contributed by atoms with Crippen molar-refractivity contribution in [1.29, 1.82) is 0 Å². The van der Waals surface area contributed by atoms with Crippen LogP contribution in [-0.4, -0.2) is 9.97 Å². The summed E-state index contributed by atoms with van der Waals surface area (Å²) in [5.74, 6) is 0.714. The molecule has 9 rings (SSSR count). The van der Waals surface area contributed by atoms with E-state index in [1.165, 1.54) is 42.1 Å². The molecule has 2 nitrogen and oxygen atoms in total. The highest BCUT2D eigenvalue weighted by atomic mass is 32.1. The first-order valence-corrected chi connectivity index (χ1v) is 16.6. The van der Waals surface area contributed by atoms with Crippen LogP contribution in [0, 0.1) is 0 Å². The molecule has 3 heteroatoms. The SMILES string of the molecule is c1ccc(-c2cc(-c3cc(-c4ccc5ccccc5c4)cc(-c4ccc5c(c4)sc4ccccc45)c3)nc(-c3ccccc3)n2)cc1. The lowest BCUT2D eigenvalue weighted by molar-refractivity contribution is 1.18. The normalized spacial score (nSPS) is 11.4. The number of aromatic nitrogens is 2. The topological polar surface area (TPSA) is 25.8 Å². The summed E-state index contributed by atoms with van der Waals surface area (Å²) in [6.45, 7) is 0. The smallest absolute Gasteiger partial charge is 0.160 e. The van der Waals surface area contributed by atoms with Gasteiger partial charge in [0.05, 0.1) is 11.4 Å². The van der Waals surface area contributed by atoms with Crippen molar-refractivity contribution < 1.29 is 0 Å². The van der Waals surface area contributed by atoms with Gasteiger partial charge in [-0.3, -0.25) is 0 Å². The molecule has 47 heavy (non-hydrogen) atoms. The van der Waals surface area contributed by atoms with Gasteiger partial charge in [-0.1, -0.05) is 127 Å². The minimum absolute atomic E-state index is 0.714. The molecule has 0 aliphatic rings. The van der Waals surface area contributed by atoms with Gasteiger partial charge in [0.2, 0.25) is 0 Å². The summed E-state index contributed by atoms with van der Waals surface area (Å²) in [6.07, 6.45) is 0. The molecular weight excluding hydrogens is 589 g/mol. The van der Waals surface area contributed by atoms with Crippen molar-refractivity contribution in [2.75, 3.05) is 0 Å². The van der Waals surface area contributed by atoms with Crippen LogP contribution in [0.3, 0.4) is 0 Å². The fraction of sp³-hybridized carbons (Fsp3) is 0. The Morgan fingerprint density at radius 1 is 0.319 bits per heavy atom. The fourth-order valence-electron chi connectivity index (χ4n) is 6.45. The van der Waals surface area contributed by atoms with Gasteiger partial charge in [-0.2, -0.15) is 0 Å². The van der Waals surface area contributed by atoms with E-state index in [1.807, 2.05) is 35.6 Å². The van der Waals surface area contributed by atoms with Crippen LogP contribution in [0.1, 0.15) is 0 Å². The van der Waals surface area contributed by atoms with Crippen molar-refractivity contribution in [2.24, 2.45) is 0 Å². The Labute approximate surface area is 277 Å². The summed E-state index contributed by atoms with van der Waals surface area (Å²) in [5, 5.41) is 5.07. The molecule has 0 fully saturated rings. The van der Waals surface area contributed by atoms with Gasteiger partial charge in [0.1, 0.15) is 0 Å². The number of rotatable bonds is 5. The molecule has 7 aromatic carbocycles. The van der Waals surface area contributed by atoms with E-state index < -0.39 is 0 Å². The molecule has 9 aromatic rings. The fourth-order valence-corrected chi connectivity index (χ4v) is 7.60. The van der Waals surface area contributed by atoms with E-state index in [0.29, 0.717) is 5.82 Å². The lowest BCUT2D eigenvalue weighted by Crippen LogP contribution is -1.96. The number of nitrogens with zero attached hydrogens (tertiary/aromatic N) is 2. The Morgan fingerprint density at radius 2 is 0.894 bits per heavy atom. The second-order valence-electron chi connectivity index (χ2n) is 11.9. The second kappa shape index (κ2) is 11.5. The van der Waals surface area contributed by atoms with Crippen molar-refractivity contribution in [2.45, 2.75) is 0 Å². The van der Waals surface area contributed by atoms with E-state index in [9.17, 15) is 0 Å². The summed E-state index contributed by atoms with van der Waals surface area (Å²) in [6, 6.07) is 60.4. The molecule has 2 heterocycles. The Hall–Kier alpha value is -5.90. The molecule has 0 N–H and O–H groups in total. The van der Waals surface area contributed by atoms with Crippen molar-refractivity contribution in [3.63, 3.8) is 0 Å². The molecule has 0 spiro atoms. The van der Waals surface area contributed by atoms with E-state index in [-0.39, 0.29) is 0 Å². The van der Waals surface area contributed by atoms with Gasteiger partial charge in [0.15, 0.2) is 5.82 Å². The lowest BCUT2D eigenvalue weighted by Gasteiger charge is -2.14. The Morgan fingerprint density at radius 3 is 1.68 bits per heavy atom. The molecule has 0 aliphatic heterocycles. The Balaban J connectivity index is 1.27. The summed E-state index contributed by atoms with van der Waals surface area (Å²) >= 11 is 1.85. The van der Waals surface area contributed by atoms with Gasteiger partial charge in [0.25, 0.3) is 0 Å². The number of hydrogen-bond acceptors (Lipinski definition) is 3. The zero-order valence-electron chi connectivity index (χ0n) is 25.5. The van der Waals surface area contributed by atoms with Crippen molar-refractivity contribution in [3.8, 4) is 56.2 Å². The maximum Gasteiger partial charge on any atom is 0.160 e. The average Bonchev–Trinajstić information content (AvgIpc) is 3.53. The number of fused-ring (bicyclic) bond motifs is 4. The molecule has 0 atom stereocenters. The molecule has 0 aliphatic carbocycles. The van der Waals surface area contributed by atoms with E-state index >= 15 is 0 Å². The summed E-state index contributed by atoms with van der Waals surface area (Å²) in [5.41, 5.74) is 9.58. The molecule has 0 amide bonds. The Bertz CT molecular complexity index is 2510. The zero-order chi connectivity index (χ0) is 31.2. The average molecular weight is 617 g/mol. The quantitative estimate of drug-likeness (QED) is 0.192. The molecule has 0 saturated heterocycles. The van der Waals surface area contributed by atoms with Gasteiger partial charge >= 0.3 is 0 Å². The molecule has 0 bridgehead atoms. The van der Waals surface area contributed by atoms with Crippen LogP contribution in [0.15, 0.2) is 170 Å². The maximum atomic E-state index is 5.19.